The molecule has 1 aliphatic rings. The zero-order valence-corrected chi connectivity index (χ0v) is 24.2. The van der Waals surface area contributed by atoms with Crippen LogP contribution in [0.1, 0.15) is 61.0 Å². The quantitative estimate of drug-likeness (QED) is 0.290. The van der Waals surface area contributed by atoms with Crippen LogP contribution in [0.5, 0.6) is 0 Å². The third-order valence-corrected chi connectivity index (χ3v) is 7.12. The van der Waals surface area contributed by atoms with Gasteiger partial charge in [0, 0.05) is 25.4 Å². The Bertz CT molecular complexity index is 1470. The second kappa shape index (κ2) is 12.6. The summed E-state index contributed by atoms with van der Waals surface area (Å²) in [5.74, 6) is -0.625. The van der Waals surface area contributed by atoms with E-state index in [1.165, 1.54) is 47.0 Å². The number of carbonyl (C=O) groups excluding carboxylic acids is 2. The topological polar surface area (TPSA) is 128 Å². The van der Waals surface area contributed by atoms with Gasteiger partial charge in [-0.1, -0.05) is 6.92 Å². The Morgan fingerprint density at radius 2 is 1.91 bits per heavy atom. The number of fused-ring (bicyclic) bond motifs is 1. The second-order valence-corrected chi connectivity index (χ2v) is 10.7. The third kappa shape index (κ3) is 7.06. The van der Waals surface area contributed by atoms with Crippen LogP contribution < -0.4 is 10.6 Å². The number of urea groups is 1. The highest BCUT2D eigenvalue weighted by atomic mass is 19.4. The number of halogens is 6. The van der Waals surface area contributed by atoms with Crippen molar-refractivity contribution in [3.05, 3.63) is 47.7 Å². The lowest BCUT2D eigenvalue weighted by molar-refractivity contribution is -0.265. The van der Waals surface area contributed by atoms with Gasteiger partial charge >= 0.3 is 18.4 Å². The van der Waals surface area contributed by atoms with Gasteiger partial charge in [-0.05, 0) is 32.4 Å². The normalized spacial score (nSPS) is 17.6. The first-order valence-electron chi connectivity index (χ1n) is 13.6. The number of imidazole rings is 1. The van der Waals surface area contributed by atoms with Gasteiger partial charge in [0.25, 0.3) is 5.91 Å². The van der Waals surface area contributed by atoms with Crippen LogP contribution in [0.25, 0.3) is 5.65 Å². The van der Waals surface area contributed by atoms with E-state index < -0.39 is 61.2 Å². The molecule has 18 heteroatoms. The molecular weight excluding hydrogens is 602 g/mol. The summed E-state index contributed by atoms with van der Waals surface area (Å²) >= 11 is 0. The summed E-state index contributed by atoms with van der Waals surface area (Å²) in [6.45, 7) is 2.60. The van der Waals surface area contributed by atoms with Gasteiger partial charge in [-0.25, -0.2) is 14.3 Å². The molecule has 1 aliphatic heterocycles. The molecule has 0 radical (unpaired) electrons. The predicted molar refractivity (Wildman–Crippen MR) is 141 cm³/mol. The Labute approximate surface area is 247 Å². The highest BCUT2D eigenvalue weighted by Gasteiger charge is 2.50. The average molecular weight is 635 g/mol. The molecule has 1 fully saturated rings. The number of rotatable bonds is 12. The molecule has 3 atom stereocenters. The van der Waals surface area contributed by atoms with Gasteiger partial charge < -0.3 is 25.0 Å². The molecule has 1 saturated heterocycles. The van der Waals surface area contributed by atoms with E-state index in [2.05, 4.69) is 20.5 Å². The number of aryl methyl sites for hydroxylation is 1. The van der Waals surface area contributed by atoms with E-state index in [1.54, 1.807) is 0 Å². The first-order valence-corrected chi connectivity index (χ1v) is 13.6. The van der Waals surface area contributed by atoms with E-state index in [-0.39, 0.29) is 23.6 Å². The summed E-state index contributed by atoms with van der Waals surface area (Å²) in [7, 11) is 1.32. The number of nitrogens with one attached hydrogen (secondary N) is 2. The molecule has 0 bridgehead atoms. The second-order valence-electron chi connectivity index (χ2n) is 10.7. The maximum absolute atomic E-state index is 13.5. The summed E-state index contributed by atoms with van der Waals surface area (Å²) in [5.41, 5.74) is -1.83. The Morgan fingerprint density at radius 1 is 1.18 bits per heavy atom. The van der Waals surface area contributed by atoms with Crippen LogP contribution in [0, 0.1) is 0 Å². The molecule has 44 heavy (non-hydrogen) atoms. The van der Waals surface area contributed by atoms with Gasteiger partial charge in [-0.2, -0.15) is 36.5 Å². The summed E-state index contributed by atoms with van der Waals surface area (Å²) in [6.07, 6.45) is -4.57. The fourth-order valence-corrected chi connectivity index (χ4v) is 4.52. The minimum Gasteiger partial charge on any atom is -0.382 e. The number of amides is 3. The lowest BCUT2D eigenvalue weighted by atomic mass is 10.1. The van der Waals surface area contributed by atoms with Crippen LogP contribution in [0.4, 0.5) is 31.1 Å². The summed E-state index contributed by atoms with van der Waals surface area (Å²) < 4.78 is 93.6. The number of ether oxygens (including phenoxy) is 2. The van der Waals surface area contributed by atoms with E-state index in [1.807, 2.05) is 12.2 Å². The van der Waals surface area contributed by atoms with Gasteiger partial charge in [0.05, 0.1) is 49.9 Å². The minimum atomic E-state index is -4.71. The van der Waals surface area contributed by atoms with Crippen LogP contribution in [0.15, 0.2) is 30.7 Å². The van der Waals surface area contributed by atoms with Crippen molar-refractivity contribution in [3.63, 3.8) is 0 Å². The zero-order chi connectivity index (χ0) is 32.4. The molecule has 0 spiro atoms. The van der Waals surface area contributed by atoms with Crippen LogP contribution >= 0.6 is 0 Å². The molecule has 4 heterocycles. The highest BCUT2D eigenvalue weighted by molar-refractivity contribution is 5.92. The molecule has 0 aliphatic carbocycles. The first-order chi connectivity index (χ1) is 20.6. The maximum Gasteiger partial charge on any atom is 0.416 e. The molecule has 3 amide bonds. The van der Waals surface area contributed by atoms with Crippen molar-refractivity contribution in [1.82, 2.24) is 39.9 Å². The average Bonchev–Trinajstić information content (AvgIpc) is 3.67. The number of aromatic nitrogens is 5. The van der Waals surface area contributed by atoms with Crippen molar-refractivity contribution in [2.45, 2.75) is 69.8 Å². The van der Waals surface area contributed by atoms with Crippen molar-refractivity contribution in [2.24, 2.45) is 0 Å². The number of nitrogens with zero attached hydrogens (tertiary/aromatic N) is 6. The van der Waals surface area contributed by atoms with Gasteiger partial charge in [-0.15, -0.1) is 0 Å². The van der Waals surface area contributed by atoms with Crippen LogP contribution in [0.2, 0.25) is 0 Å². The number of carbonyl (C=O) groups is 2. The lowest BCUT2D eigenvalue weighted by Gasteiger charge is -2.30. The Kier molecular flexibility index (Phi) is 9.43. The first kappa shape index (κ1) is 33.0. The molecule has 0 aromatic carbocycles. The van der Waals surface area contributed by atoms with Gasteiger partial charge in [0.1, 0.15) is 11.7 Å². The molecule has 4 rings (SSSR count). The van der Waals surface area contributed by atoms with Crippen molar-refractivity contribution in [2.75, 3.05) is 26.9 Å². The summed E-state index contributed by atoms with van der Waals surface area (Å²) in [4.78, 5) is 31.0. The van der Waals surface area contributed by atoms with E-state index in [9.17, 15) is 35.9 Å². The molecule has 0 saturated carbocycles. The lowest BCUT2D eigenvalue weighted by Crippen LogP contribution is -2.44. The number of hydrogen-bond acceptors (Lipinski definition) is 7. The number of alkyl halides is 6. The van der Waals surface area contributed by atoms with Crippen LogP contribution in [-0.2, 0) is 16.0 Å². The molecule has 0 unspecified atom stereocenters. The molecule has 3 aromatic heterocycles. The summed E-state index contributed by atoms with van der Waals surface area (Å²) in [5, 5.41) is 12.9. The van der Waals surface area contributed by atoms with Crippen molar-refractivity contribution in [3.8, 4) is 0 Å². The molecule has 2 N–H and O–H groups in total. The summed E-state index contributed by atoms with van der Waals surface area (Å²) in [6, 6.07) is -2.21. The Morgan fingerprint density at radius 3 is 2.52 bits per heavy atom. The minimum absolute atomic E-state index is 0.0990. The fraction of sp³-hybridized carbons (Fsp3) is 0.577. The SMILES string of the molecule is CCCn1nccc1C(=O)N[C@@H](COC(C)(C)C(F)(F)F)c1cn2ncc([C@@H](COC)N3C[C@@H](C(F)(F)F)NC3=O)cc2n1. The molecule has 242 valence electrons. The predicted octanol–water partition coefficient (Wildman–Crippen LogP) is 3.81. The van der Waals surface area contributed by atoms with Crippen molar-refractivity contribution in [1.29, 1.82) is 0 Å². The molecule has 3 aromatic rings. The van der Waals surface area contributed by atoms with Gasteiger partial charge in [0.2, 0.25) is 0 Å². The van der Waals surface area contributed by atoms with E-state index >= 15 is 0 Å². The fourth-order valence-electron chi connectivity index (χ4n) is 4.52. The number of hydrogen-bond donors (Lipinski definition) is 2. The van der Waals surface area contributed by atoms with E-state index in [0.717, 1.165) is 18.7 Å². The van der Waals surface area contributed by atoms with Crippen molar-refractivity contribution >= 4 is 17.6 Å². The Hall–Kier alpha value is -3.93. The number of methoxy groups -OCH3 is 1. The standard InChI is InChI=1S/C26H32F6N8O4/c1-5-8-39-18(6-7-33-39)22(41)36-17(13-44-24(2,3)26(30,31)32)16-11-40-21(35-16)9-15(10-34-40)19(14-43-4)38-12-20(25(27,28)29)37-23(38)42/h6-7,9-11,17,19-20H,5,8,12-14H2,1-4H3,(H,36,41)(H,37,42)/t17-,19+,20-/m0/s1. The van der Waals surface area contributed by atoms with E-state index in [4.69, 9.17) is 9.47 Å². The largest absolute Gasteiger partial charge is 0.416 e. The maximum atomic E-state index is 13.5. The Balaban J connectivity index is 1.65. The third-order valence-electron chi connectivity index (χ3n) is 7.12. The van der Waals surface area contributed by atoms with Crippen LogP contribution in [-0.4, -0.2) is 92.1 Å². The molecule has 12 nitrogen and oxygen atoms in total. The zero-order valence-electron chi connectivity index (χ0n) is 24.2. The highest BCUT2D eigenvalue weighted by Crippen LogP contribution is 2.34. The van der Waals surface area contributed by atoms with Crippen molar-refractivity contribution < 1.29 is 45.4 Å². The van der Waals surface area contributed by atoms with Gasteiger partial charge in [0.15, 0.2) is 11.2 Å². The molecular formula is C26H32F6N8O4. The smallest absolute Gasteiger partial charge is 0.382 e. The van der Waals surface area contributed by atoms with Gasteiger partial charge in [-0.3, -0.25) is 9.48 Å². The van der Waals surface area contributed by atoms with Crippen LogP contribution in [0.3, 0.4) is 0 Å². The monoisotopic (exact) mass is 634 g/mol. The van der Waals surface area contributed by atoms with E-state index in [0.29, 0.717) is 18.5 Å².